The number of aromatic carboxylic acids is 1. The lowest BCUT2D eigenvalue weighted by atomic mass is 10.1. The number of aryl methyl sites for hydroxylation is 1. The minimum absolute atomic E-state index is 0.00655. The molecule has 1 N–H and O–H groups in total. The van der Waals surface area contributed by atoms with Gasteiger partial charge in [0.2, 0.25) is 0 Å². The SMILES string of the molecule is CN(C(=O)c1cc(C(=O)O)co1)C1CCc2ccccc21. The zero-order valence-electron chi connectivity index (χ0n) is 11.6. The smallest absolute Gasteiger partial charge is 0.338 e. The molecule has 1 aromatic carbocycles. The molecule has 0 radical (unpaired) electrons. The Kier molecular flexibility index (Phi) is 3.25. The molecule has 1 aromatic heterocycles. The maximum absolute atomic E-state index is 12.4. The summed E-state index contributed by atoms with van der Waals surface area (Å²) in [5.74, 6) is -1.35. The molecule has 2 aromatic rings. The van der Waals surface area contributed by atoms with E-state index in [1.165, 1.54) is 11.6 Å². The summed E-state index contributed by atoms with van der Waals surface area (Å²) in [4.78, 5) is 24.9. The number of hydrogen-bond acceptors (Lipinski definition) is 3. The molecule has 1 heterocycles. The van der Waals surface area contributed by atoms with Crippen molar-refractivity contribution < 1.29 is 19.1 Å². The van der Waals surface area contributed by atoms with Gasteiger partial charge in [-0.15, -0.1) is 0 Å². The summed E-state index contributed by atoms with van der Waals surface area (Å²) in [6.07, 6.45) is 2.90. The molecule has 1 aliphatic rings. The van der Waals surface area contributed by atoms with Gasteiger partial charge in [-0.25, -0.2) is 4.79 Å². The number of fused-ring (bicyclic) bond motifs is 1. The van der Waals surface area contributed by atoms with Gasteiger partial charge >= 0.3 is 5.97 Å². The number of nitrogens with zero attached hydrogens (tertiary/aromatic N) is 1. The van der Waals surface area contributed by atoms with E-state index < -0.39 is 5.97 Å². The molecular weight excluding hydrogens is 270 g/mol. The van der Waals surface area contributed by atoms with Crippen molar-refractivity contribution in [3.8, 4) is 0 Å². The molecule has 1 aliphatic carbocycles. The van der Waals surface area contributed by atoms with Gasteiger partial charge in [0.1, 0.15) is 6.26 Å². The molecule has 108 valence electrons. The van der Waals surface area contributed by atoms with Crippen LogP contribution in [0.15, 0.2) is 41.0 Å². The Morgan fingerprint density at radius 2 is 2.10 bits per heavy atom. The third kappa shape index (κ3) is 2.31. The van der Waals surface area contributed by atoms with E-state index in [4.69, 9.17) is 9.52 Å². The minimum atomic E-state index is -1.10. The van der Waals surface area contributed by atoms with Crippen LogP contribution in [0.3, 0.4) is 0 Å². The molecule has 5 nitrogen and oxygen atoms in total. The van der Waals surface area contributed by atoms with Gasteiger partial charge in [0, 0.05) is 13.1 Å². The molecule has 0 saturated heterocycles. The second kappa shape index (κ2) is 5.09. The fourth-order valence-electron chi connectivity index (χ4n) is 2.81. The predicted molar refractivity (Wildman–Crippen MR) is 75.3 cm³/mol. The van der Waals surface area contributed by atoms with Crippen LogP contribution in [0.5, 0.6) is 0 Å². The minimum Gasteiger partial charge on any atom is -0.478 e. The Hall–Kier alpha value is -2.56. The van der Waals surface area contributed by atoms with Crippen LogP contribution in [0.4, 0.5) is 0 Å². The lowest BCUT2D eigenvalue weighted by Crippen LogP contribution is -2.29. The Morgan fingerprint density at radius 3 is 2.81 bits per heavy atom. The number of hydrogen-bond donors (Lipinski definition) is 1. The van der Waals surface area contributed by atoms with E-state index in [9.17, 15) is 9.59 Å². The molecular formula is C16H15NO4. The number of amides is 1. The standard InChI is InChI=1S/C16H15NO4/c1-17(13-7-6-10-4-2-3-5-12(10)13)15(18)14-8-11(9-21-14)16(19)20/h2-5,8-9,13H,6-7H2,1H3,(H,19,20). The summed E-state index contributed by atoms with van der Waals surface area (Å²) < 4.78 is 5.08. The van der Waals surface area contributed by atoms with Gasteiger partial charge < -0.3 is 14.4 Å². The monoisotopic (exact) mass is 285 g/mol. The molecule has 0 aliphatic heterocycles. The molecule has 3 rings (SSSR count). The number of carbonyl (C=O) groups is 2. The highest BCUT2D eigenvalue weighted by atomic mass is 16.4. The number of furan rings is 1. The topological polar surface area (TPSA) is 70.8 Å². The summed E-state index contributed by atoms with van der Waals surface area (Å²) in [5.41, 5.74) is 2.39. The maximum atomic E-state index is 12.4. The van der Waals surface area contributed by atoms with Gasteiger partial charge in [0.25, 0.3) is 5.91 Å². The molecule has 5 heteroatoms. The van der Waals surface area contributed by atoms with Gasteiger partial charge in [0.15, 0.2) is 5.76 Å². The van der Waals surface area contributed by atoms with E-state index in [1.54, 1.807) is 11.9 Å². The molecule has 0 fully saturated rings. The van der Waals surface area contributed by atoms with E-state index in [1.807, 2.05) is 18.2 Å². The number of carboxylic acid groups (broad SMARTS) is 1. The van der Waals surface area contributed by atoms with Crippen LogP contribution in [-0.2, 0) is 6.42 Å². The van der Waals surface area contributed by atoms with Crippen molar-refractivity contribution in [3.63, 3.8) is 0 Å². The second-order valence-electron chi connectivity index (χ2n) is 5.17. The van der Waals surface area contributed by atoms with Crippen molar-refractivity contribution >= 4 is 11.9 Å². The zero-order chi connectivity index (χ0) is 15.0. The molecule has 0 spiro atoms. The van der Waals surface area contributed by atoms with Crippen LogP contribution >= 0.6 is 0 Å². The summed E-state index contributed by atoms with van der Waals surface area (Å²) in [7, 11) is 1.72. The molecule has 21 heavy (non-hydrogen) atoms. The van der Waals surface area contributed by atoms with Crippen LogP contribution < -0.4 is 0 Å². The fraction of sp³-hybridized carbons (Fsp3) is 0.250. The highest BCUT2D eigenvalue weighted by Crippen LogP contribution is 2.35. The van der Waals surface area contributed by atoms with Crippen LogP contribution in [0.2, 0.25) is 0 Å². The Bertz CT molecular complexity index is 704. The average molecular weight is 285 g/mol. The first kappa shape index (κ1) is 13.4. The first-order valence-corrected chi connectivity index (χ1v) is 6.74. The molecule has 1 amide bonds. The third-order valence-electron chi connectivity index (χ3n) is 3.95. The summed E-state index contributed by atoms with van der Waals surface area (Å²) in [6.45, 7) is 0. The first-order chi connectivity index (χ1) is 10.1. The molecule has 1 atom stereocenters. The molecule has 0 saturated carbocycles. The van der Waals surface area contributed by atoms with Gasteiger partial charge in [-0.3, -0.25) is 4.79 Å². The fourth-order valence-corrected chi connectivity index (χ4v) is 2.81. The second-order valence-corrected chi connectivity index (χ2v) is 5.17. The van der Waals surface area contributed by atoms with Crippen molar-refractivity contribution in [3.05, 3.63) is 59.0 Å². The van der Waals surface area contributed by atoms with Gasteiger partial charge in [-0.05, 0) is 24.0 Å². The largest absolute Gasteiger partial charge is 0.478 e. The van der Waals surface area contributed by atoms with E-state index in [-0.39, 0.29) is 23.3 Å². The highest BCUT2D eigenvalue weighted by Gasteiger charge is 2.30. The number of carbonyl (C=O) groups excluding carboxylic acids is 1. The Morgan fingerprint density at radius 1 is 1.33 bits per heavy atom. The van der Waals surface area contributed by atoms with Gasteiger partial charge in [0.05, 0.1) is 11.6 Å². The molecule has 1 unspecified atom stereocenters. The normalized spacial score (nSPS) is 16.5. The Labute approximate surface area is 121 Å². The van der Waals surface area contributed by atoms with E-state index in [2.05, 4.69) is 6.07 Å². The zero-order valence-corrected chi connectivity index (χ0v) is 11.6. The number of rotatable bonds is 3. The molecule has 0 bridgehead atoms. The van der Waals surface area contributed by atoms with Crippen molar-refractivity contribution in [1.82, 2.24) is 4.90 Å². The van der Waals surface area contributed by atoms with Gasteiger partial charge in [-0.1, -0.05) is 24.3 Å². The van der Waals surface area contributed by atoms with Crippen molar-refractivity contribution in [2.45, 2.75) is 18.9 Å². The summed E-state index contributed by atoms with van der Waals surface area (Å²) >= 11 is 0. The average Bonchev–Trinajstić information content (AvgIpc) is 3.12. The number of carboxylic acids is 1. The highest BCUT2D eigenvalue weighted by molar-refractivity contribution is 5.95. The van der Waals surface area contributed by atoms with Crippen molar-refractivity contribution in [2.75, 3.05) is 7.05 Å². The predicted octanol–water partition coefficient (Wildman–Crippen LogP) is 2.74. The lowest BCUT2D eigenvalue weighted by molar-refractivity contribution is 0.0688. The summed E-state index contributed by atoms with van der Waals surface area (Å²) in [6, 6.07) is 9.33. The van der Waals surface area contributed by atoms with Gasteiger partial charge in [-0.2, -0.15) is 0 Å². The lowest BCUT2D eigenvalue weighted by Gasteiger charge is -2.24. The van der Waals surface area contributed by atoms with E-state index in [0.29, 0.717) is 0 Å². The van der Waals surface area contributed by atoms with Crippen LogP contribution in [0.25, 0.3) is 0 Å². The number of benzene rings is 1. The third-order valence-corrected chi connectivity index (χ3v) is 3.95. The van der Waals surface area contributed by atoms with E-state index >= 15 is 0 Å². The first-order valence-electron chi connectivity index (χ1n) is 6.74. The van der Waals surface area contributed by atoms with Crippen LogP contribution in [0, 0.1) is 0 Å². The van der Waals surface area contributed by atoms with Crippen molar-refractivity contribution in [2.24, 2.45) is 0 Å². The van der Waals surface area contributed by atoms with Crippen molar-refractivity contribution in [1.29, 1.82) is 0 Å². The van der Waals surface area contributed by atoms with E-state index in [0.717, 1.165) is 24.7 Å². The summed E-state index contributed by atoms with van der Waals surface area (Å²) in [5, 5.41) is 8.88. The quantitative estimate of drug-likeness (QED) is 0.941. The van der Waals surface area contributed by atoms with Crippen LogP contribution in [-0.4, -0.2) is 28.9 Å². The Balaban J connectivity index is 1.83. The maximum Gasteiger partial charge on any atom is 0.338 e. The van der Waals surface area contributed by atoms with Crippen LogP contribution in [0.1, 0.15) is 44.5 Å².